The number of amidine groups is 2. The maximum atomic E-state index is 4.75. The fourth-order valence-corrected chi connectivity index (χ4v) is 0. The molecule has 0 rings (SSSR count). The number of rotatable bonds is 0. The maximum absolute atomic E-state index is 4.75. The molecule has 0 unspecified atom stereocenters. The van der Waals surface area contributed by atoms with Crippen LogP contribution < -0.4 is 47.1 Å². The van der Waals surface area contributed by atoms with E-state index in [0.29, 0.717) is 9.47 Å². The molecule has 4 nitrogen and oxygen atoms in total. The minimum atomic E-state index is 0. The molecule has 0 aliphatic carbocycles. The van der Waals surface area contributed by atoms with Gasteiger partial charge in [0, 0.05) is 40.0 Å². The summed E-state index contributed by atoms with van der Waals surface area (Å²) in [5.74, 6) is 0. The van der Waals surface area contributed by atoms with Gasteiger partial charge in [-0.15, -0.1) is 0 Å². The summed E-state index contributed by atoms with van der Waals surface area (Å²) in [7, 11) is 0.241. The van der Waals surface area contributed by atoms with Crippen LogP contribution in [0.3, 0.4) is 0 Å². The Morgan fingerprint density at radius 3 is 0.700 bits per heavy atom. The van der Waals surface area contributed by atoms with Crippen LogP contribution in [0.1, 0.15) is 0 Å². The zero-order chi connectivity index (χ0) is 14.3. The van der Waals surface area contributed by atoms with Gasteiger partial charge in [0.15, 0.2) is 0 Å². The first-order chi connectivity index (χ1) is 6.93. The smallest absolute Gasteiger partial charge is 1.00 e. The third-order valence-electron chi connectivity index (χ3n) is 0. The monoisotopic (exact) mass is 866 g/mol. The van der Waals surface area contributed by atoms with Crippen LogP contribution in [0.25, 0.3) is 0 Å². The topological polar surface area (TPSA) is 103 Å². The molecular formula is C8H28Au2Cl2N4P2Se2+2. The Balaban J connectivity index is -0.0000000150. The summed E-state index contributed by atoms with van der Waals surface area (Å²) >= 11 is 4.75. The van der Waals surface area contributed by atoms with Gasteiger partial charge in [-0.3, -0.25) is 0 Å². The minimum Gasteiger partial charge on any atom is -1.00 e. The SMILES string of the molecule is C[PH+](C)C.C[PH+](C)C.NC(=[NH2+])[Se-].NC(=[NH2+])[Se-].[Au+].[Au+].[Cl-].[Cl-]. The summed E-state index contributed by atoms with van der Waals surface area (Å²) in [5, 5.41) is 9.50. The van der Waals surface area contributed by atoms with Crippen LogP contribution in [0, 0.1) is 0 Å². The third-order valence-corrected chi connectivity index (χ3v) is 0. The summed E-state index contributed by atoms with van der Waals surface area (Å²) < 4.78 is 0.583. The van der Waals surface area contributed by atoms with Gasteiger partial charge in [-0.25, -0.2) is 0 Å². The Labute approximate surface area is 187 Å². The van der Waals surface area contributed by atoms with Crippen molar-refractivity contribution in [1.29, 1.82) is 0 Å². The predicted molar refractivity (Wildman–Crippen MR) is 85.9 cm³/mol. The standard InChI is InChI=1S/2C3H9P.2CH4N2Se.2Au.2ClH/c2*1-4(2)3;2*2-1(3)4;;;;/h2*1-3H3;2*(H4,2,3,4);;;2*1H/q;;;;2*+1;;. The zero-order valence-electron chi connectivity index (χ0n) is 12.5. The van der Waals surface area contributed by atoms with Crippen LogP contribution in [0.5, 0.6) is 0 Å². The van der Waals surface area contributed by atoms with Crippen molar-refractivity contribution in [3.05, 3.63) is 0 Å². The molecule has 0 aromatic carbocycles. The van der Waals surface area contributed by atoms with Gasteiger partial charge in [-0.1, -0.05) is 0 Å². The fraction of sp³-hybridized carbons (Fsp3) is 0.750. The largest absolute Gasteiger partial charge is 1.00 e. The molecule has 0 bridgehead atoms. The van der Waals surface area contributed by atoms with Gasteiger partial charge in [0.05, 0.1) is 0 Å². The van der Waals surface area contributed by atoms with E-state index in [4.69, 9.17) is 22.3 Å². The molecule has 136 valence electrons. The van der Waals surface area contributed by atoms with Crippen molar-refractivity contribution in [2.24, 2.45) is 11.5 Å². The Hall–Kier alpha value is 2.90. The Morgan fingerprint density at radius 1 is 0.700 bits per heavy atom. The summed E-state index contributed by atoms with van der Waals surface area (Å²) in [4.78, 5) is 0. The summed E-state index contributed by atoms with van der Waals surface area (Å²) in [6.45, 7) is 13.6. The van der Waals surface area contributed by atoms with E-state index >= 15 is 0 Å². The Kier molecular flexibility index (Phi) is 107. The molecular weight excluding hydrogens is 837 g/mol. The molecule has 12 heteroatoms. The summed E-state index contributed by atoms with van der Waals surface area (Å²) in [5.41, 5.74) is 9.50. The van der Waals surface area contributed by atoms with Gasteiger partial charge in [-0.05, 0) is 15.8 Å². The molecule has 0 atom stereocenters. The van der Waals surface area contributed by atoms with Crippen molar-refractivity contribution in [2.45, 2.75) is 0 Å². The summed E-state index contributed by atoms with van der Waals surface area (Å²) in [6, 6.07) is 0. The fourth-order valence-electron chi connectivity index (χ4n) is 0. The van der Waals surface area contributed by atoms with E-state index < -0.39 is 0 Å². The minimum absolute atomic E-state index is 0. The van der Waals surface area contributed by atoms with E-state index in [0.717, 1.165) is 0 Å². The first-order valence-corrected chi connectivity index (χ1v) is 12.3. The van der Waals surface area contributed by atoms with Crippen LogP contribution in [-0.2, 0) is 44.8 Å². The normalized spacial score (nSPS) is 6.00. The van der Waals surface area contributed by atoms with E-state index in [2.05, 4.69) is 72.0 Å². The van der Waals surface area contributed by atoms with Crippen LogP contribution in [0.2, 0.25) is 0 Å². The van der Waals surface area contributed by atoms with Gasteiger partial charge in [0.1, 0.15) is 0 Å². The number of nitrogens with two attached hydrogens (primary N) is 4. The molecule has 0 saturated carbocycles. The molecule has 0 spiro atoms. The molecule has 0 aromatic rings. The molecule has 0 amide bonds. The Morgan fingerprint density at radius 2 is 0.700 bits per heavy atom. The van der Waals surface area contributed by atoms with E-state index in [1.165, 1.54) is 0 Å². The molecule has 0 aromatic heterocycles. The number of halogens is 2. The average molecular weight is 865 g/mol. The van der Waals surface area contributed by atoms with E-state index in [9.17, 15) is 0 Å². The first kappa shape index (κ1) is 49.5. The van der Waals surface area contributed by atoms with Crippen LogP contribution in [0.4, 0.5) is 0 Å². The van der Waals surface area contributed by atoms with Crippen molar-refractivity contribution in [1.82, 2.24) is 0 Å². The third kappa shape index (κ3) is 984. The molecule has 0 fully saturated rings. The molecule has 8 N–H and O–H groups in total. The van der Waals surface area contributed by atoms with Crippen molar-refractivity contribution >= 4 is 57.3 Å². The summed E-state index contributed by atoms with van der Waals surface area (Å²) in [6.07, 6.45) is 0. The first-order valence-electron chi connectivity index (χ1n) is 4.56. The van der Waals surface area contributed by atoms with E-state index in [1.807, 2.05) is 0 Å². The van der Waals surface area contributed by atoms with Gasteiger partial charge in [0.25, 0.3) is 0 Å². The Bertz CT molecular complexity index is 153. The van der Waals surface area contributed by atoms with Crippen LogP contribution in [0.15, 0.2) is 0 Å². The average Bonchev–Trinajstić information content (AvgIpc) is 1.76. The molecule has 0 aliphatic heterocycles. The van der Waals surface area contributed by atoms with Gasteiger partial charge in [0.2, 0.25) is 0 Å². The van der Waals surface area contributed by atoms with Crippen LogP contribution >= 0.6 is 15.8 Å². The second-order valence-corrected chi connectivity index (χ2v) is 11.8. The van der Waals surface area contributed by atoms with Crippen molar-refractivity contribution < 1.29 is 80.4 Å². The molecule has 0 aliphatic rings. The van der Waals surface area contributed by atoms with Gasteiger partial charge < -0.3 is 24.8 Å². The second kappa shape index (κ2) is 43.1. The predicted octanol–water partition coefficient (Wildman–Crippen LogP) is -9.36. The molecule has 0 saturated heterocycles. The maximum Gasteiger partial charge on any atom is 1.00 e. The van der Waals surface area contributed by atoms with E-state index in [1.54, 1.807) is 0 Å². The zero-order valence-corrected chi connectivity index (χ0v) is 23.8. The van der Waals surface area contributed by atoms with Crippen molar-refractivity contribution in [2.75, 3.05) is 40.0 Å². The van der Waals surface area contributed by atoms with Gasteiger partial charge >= 0.3 is 109 Å². The van der Waals surface area contributed by atoms with Crippen LogP contribution in [-0.4, -0.2) is 81.5 Å². The number of hydrogen-bond donors (Lipinski definition) is 4. The number of hydrogen-bond acceptors (Lipinski definition) is 0. The second-order valence-electron chi connectivity index (χ2n) is 3.80. The molecule has 0 heterocycles. The van der Waals surface area contributed by atoms with Gasteiger partial charge in [-0.2, -0.15) is 0 Å². The van der Waals surface area contributed by atoms with E-state index in [-0.39, 0.29) is 85.4 Å². The van der Waals surface area contributed by atoms with Crippen molar-refractivity contribution in [3.63, 3.8) is 0 Å². The van der Waals surface area contributed by atoms with Crippen molar-refractivity contribution in [3.8, 4) is 0 Å². The molecule has 0 radical (unpaired) electrons. The molecule has 20 heavy (non-hydrogen) atoms. The quantitative estimate of drug-likeness (QED) is 0.0843.